The van der Waals surface area contributed by atoms with E-state index in [2.05, 4.69) is 4.90 Å². The largest absolute Gasteiger partial charge is 0.595 e. The van der Waals surface area contributed by atoms with Crippen LogP contribution in [0.5, 0.6) is 0 Å². The van der Waals surface area contributed by atoms with Crippen LogP contribution in [0.25, 0.3) is 0 Å². The molecule has 1 fully saturated rings. The van der Waals surface area contributed by atoms with E-state index in [4.69, 9.17) is 4.74 Å². The van der Waals surface area contributed by atoms with Crippen LogP contribution < -0.4 is 15.7 Å². The summed E-state index contributed by atoms with van der Waals surface area (Å²) in [6.45, 7) is 1.28. The lowest BCUT2D eigenvalue weighted by Gasteiger charge is -2.54. The number of carbonyl (C=O) groups is 1. The van der Waals surface area contributed by atoms with Crippen molar-refractivity contribution in [1.82, 2.24) is 4.57 Å². The van der Waals surface area contributed by atoms with Crippen molar-refractivity contribution in [2.75, 3.05) is 18.6 Å². The van der Waals surface area contributed by atoms with Crippen LogP contribution in [0.1, 0.15) is 23.6 Å². The Balaban J connectivity index is 1.62. The van der Waals surface area contributed by atoms with E-state index >= 15 is 0 Å². The molecule has 0 amide bonds. The second-order valence-corrected chi connectivity index (χ2v) is 8.22. The van der Waals surface area contributed by atoms with E-state index in [0.29, 0.717) is 19.5 Å². The fourth-order valence-corrected chi connectivity index (χ4v) is 5.61. The number of nitrogens with one attached hydrogen (secondary N) is 1. The number of nitrogens with zero attached hydrogens (tertiary/aromatic N) is 2. The maximum atomic E-state index is 12.7. The van der Waals surface area contributed by atoms with Gasteiger partial charge < -0.3 is 19.4 Å². The number of pyridine rings is 1. The van der Waals surface area contributed by atoms with Gasteiger partial charge in [0, 0.05) is 54.6 Å². The van der Waals surface area contributed by atoms with E-state index in [1.54, 1.807) is 24.3 Å². The van der Waals surface area contributed by atoms with Gasteiger partial charge in [0.25, 0.3) is 5.56 Å². The summed E-state index contributed by atoms with van der Waals surface area (Å²) in [5.41, 5.74) is 3.11. The van der Waals surface area contributed by atoms with Crippen molar-refractivity contribution in [3.05, 3.63) is 63.2 Å². The number of anilines is 1. The van der Waals surface area contributed by atoms with E-state index in [-0.39, 0.29) is 41.0 Å². The fraction of sp³-hybridized carbons (Fsp3) is 0.429. The zero-order valence-electron chi connectivity index (χ0n) is 16.1. The molecule has 8 heteroatoms. The number of benzene rings is 1. The predicted molar refractivity (Wildman–Crippen MR) is 104 cm³/mol. The summed E-state index contributed by atoms with van der Waals surface area (Å²) in [6.07, 6.45) is 1.38. The molecule has 1 saturated heterocycles. The number of piperidine rings is 1. The van der Waals surface area contributed by atoms with Gasteiger partial charge in [0.15, 0.2) is 5.69 Å². The molecule has 0 radical (unpaired) electrons. The number of hydrogen-bond acceptors (Lipinski definition) is 6. The monoisotopic (exact) mass is 397 g/mol. The van der Waals surface area contributed by atoms with Gasteiger partial charge in [-0.05, 0) is 36.5 Å². The summed E-state index contributed by atoms with van der Waals surface area (Å²) >= 11 is 0. The quantitative estimate of drug-likeness (QED) is 0.568. The zero-order valence-corrected chi connectivity index (χ0v) is 16.1. The third kappa shape index (κ3) is 2.78. The van der Waals surface area contributed by atoms with E-state index in [1.807, 2.05) is 16.7 Å². The molecule has 0 spiro atoms. The smallest absolute Gasteiger partial charge is 0.311 e. The van der Waals surface area contributed by atoms with Crippen LogP contribution in [0.3, 0.4) is 0 Å². The van der Waals surface area contributed by atoms with Gasteiger partial charge in [-0.3, -0.25) is 9.59 Å². The minimum absolute atomic E-state index is 0.00239. The van der Waals surface area contributed by atoms with Gasteiger partial charge in [-0.25, -0.2) is 5.21 Å². The molecule has 2 bridgehead atoms. The number of methoxy groups -OCH3 is 1. The number of rotatable bonds is 2. The van der Waals surface area contributed by atoms with Crippen molar-refractivity contribution in [2.24, 2.45) is 11.8 Å². The molecule has 2 N–H and O–H groups in total. The molecular weight excluding hydrogens is 374 g/mol. The topological polar surface area (TPSA) is 99.3 Å². The first-order valence-corrected chi connectivity index (χ1v) is 9.88. The van der Waals surface area contributed by atoms with Gasteiger partial charge in [-0.15, -0.1) is 0 Å². The minimum atomic E-state index is -0.978. The predicted octanol–water partition coefficient (Wildman–Crippen LogP) is 0.589. The lowest BCUT2D eigenvalue weighted by Crippen LogP contribution is -2.99. The highest BCUT2D eigenvalue weighted by Crippen LogP contribution is 2.47. The average molecular weight is 397 g/mol. The SMILES string of the molecule is COC(=O)[C@@H]1Cc2cc([NH+]([O-])O)ccc2N2C[C@H]3C[C@H](Cn4c3cccc4=O)[C@@H]12. The molecule has 4 heterocycles. The first-order chi connectivity index (χ1) is 14.0. The van der Waals surface area contributed by atoms with Crippen LogP contribution in [0.2, 0.25) is 0 Å². The van der Waals surface area contributed by atoms with Gasteiger partial charge in [-0.2, -0.15) is 5.23 Å². The molecule has 0 saturated carbocycles. The van der Waals surface area contributed by atoms with E-state index in [9.17, 15) is 20.0 Å². The highest BCUT2D eigenvalue weighted by molar-refractivity contribution is 5.77. The first-order valence-electron chi connectivity index (χ1n) is 9.88. The average Bonchev–Trinajstić information content (AvgIpc) is 2.73. The summed E-state index contributed by atoms with van der Waals surface area (Å²) in [7, 11) is 1.39. The standard InChI is InChI=1S/C21H23N3O5/c1-29-21(26)16-9-12-8-15(24(27)28)5-6-18(12)23-10-13-7-14(20(16)23)11-22-17(13)3-2-4-19(22)25/h2-6,8,13-14,16,20,24,27H,7,9-11H2,1H3/t13-,14-,16-,20+/m1/s1. The van der Waals surface area contributed by atoms with E-state index in [0.717, 1.165) is 23.4 Å². The number of hydrogen-bond donors (Lipinski definition) is 2. The molecule has 2 aromatic rings. The van der Waals surface area contributed by atoms with E-state index in [1.165, 1.54) is 7.11 Å². The van der Waals surface area contributed by atoms with Crippen LogP contribution in [0.15, 0.2) is 41.2 Å². The van der Waals surface area contributed by atoms with Crippen molar-refractivity contribution in [3.8, 4) is 0 Å². The van der Waals surface area contributed by atoms with Crippen molar-refractivity contribution < 1.29 is 20.0 Å². The number of carbonyl (C=O) groups excluding carboxylic acids is 1. The molecule has 152 valence electrons. The Kier molecular flexibility index (Phi) is 4.23. The number of ether oxygens (including phenoxy) is 1. The molecule has 8 nitrogen and oxygen atoms in total. The van der Waals surface area contributed by atoms with Gasteiger partial charge in [0.1, 0.15) is 0 Å². The molecule has 0 aliphatic carbocycles. The third-order valence-electron chi connectivity index (χ3n) is 6.76. The fourth-order valence-electron chi connectivity index (χ4n) is 5.61. The molecule has 29 heavy (non-hydrogen) atoms. The number of aromatic nitrogens is 1. The molecular formula is C21H23N3O5. The molecule has 3 aliphatic rings. The van der Waals surface area contributed by atoms with Gasteiger partial charge in [0.05, 0.1) is 13.0 Å². The summed E-state index contributed by atoms with van der Waals surface area (Å²) in [6, 6.07) is 10.5. The Morgan fingerprint density at radius 1 is 1.28 bits per heavy atom. The van der Waals surface area contributed by atoms with Gasteiger partial charge >= 0.3 is 5.97 Å². The third-order valence-corrected chi connectivity index (χ3v) is 6.76. The Hall–Kier alpha value is -2.68. The highest BCUT2D eigenvalue weighted by atomic mass is 16.8. The summed E-state index contributed by atoms with van der Waals surface area (Å²) in [5.74, 6) is -0.320. The van der Waals surface area contributed by atoms with Crippen molar-refractivity contribution >= 4 is 17.3 Å². The van der Waals surface area contributed by atoms with Crippen molar-refractivity contribution in [2.45, 2.75) is 31.3 Å². The normalized spacial score (nSPS) is 28.0. The Morgan fingerprint density at radius 2 is 2.10 bits per heavy atom. The summed E-state index contributed by atoms with van der Waals surface area (Å²) in [4.78, 5) is 27.4. The minimum Gasteiger partial charge on any atom is -0.595 e. The van der Waals surface area contributed by atoms with Crippen LogP contribution in [-0.4, -0.2) is 35.4 Å². The lowest BCUT2D eigenvalue weighted by molar-refractivity contribution is -0.991. The molecule has 1 aromatic heterocycles. The maximum Gasteiger partial charge on any atom is 0.311 e. The number of quaternary nitrogens is 1. The van der Waals surface area contributed by atoms with E-state index < -0.39 is 5.23 Å². The van der Waals surface area contributed by atoms with Crippen LogP contribution in [0.4, 0.5) is 11.4 Å². The number of fused-ring (bicyclic) bond motifs is 8. The van der Waals surface area contributed by atoms with Gasteiger partial charge in [0.2, 0.25) is 0 Å². The van der Waals surface area contributed by atoms with Crippen LogP contribution in [0, 0.1) is 17.0 Å². The molecule has 5 rings (SSSR count). The Morgan fingerprint density at radius 3 is 2.86 bits per heavy atom. The van der Waals surface area contributed by atoms with Crippen molar-refractivity contribution in [3.63, 3.8) is 0 Å². The zero-order chi connectivity index (χ0) is 20.3. The number of esters is 1. The van der Waals surface area contributed by atoms with Crippen LogP contribution >= 0.6 is 0 Å². The first kappa shape index (κ1) is 18.4. The molecule has 3 aliphatic heterocycles. The lowest BCUT2D eigenvalue weighted by atomic mass is 9.70. The summed E-state index contributed by atoms with van der Waals surface area (Å²) < 4.78 is 6.97. The molecule has 1 unspecified atom stereocenters. The molecule has 5 atom stereocenters. The molecule has 1 aromatic carbocycles. The summed E-state index contributed by atoms with van der Waals surface area (Å²) in [5, 5.41) is 19.8. The van der Waals surface area contributed by atoms with Crippen molar-refractivity contribution in [1.29, 1.82) is 0 Å². The van der Waals surface area contributed by atoms with Crippen LogP contribution in [-0.2, 0) is 22.5 Å². The second-order valence-electron chi connectivity index (χ2n) is 8.22. The second kappa shape index (κ2) is 6.69. The highest BCUT2D eigenvalue weighted by Gasteiger charge is 2.49. The maximum absolute atomic E-state index is 12.7. The van der Waals surface area contributed by atoms with Gasteiger partial charge in [-0.1, -0.05) is 6.07 Å². The Labute approximate surface area is 167 Å². The Bertz CT molecular complexity index is 1030.